The second kappa shape index (κ2) is 10.1. The minimum absolute atomic E-state index is 0.268. The number of amides is 1. The lowest BCUT2D eigenvalue weighted by Gasteiger charge is -2.19. The van der Waals surface area contributed by atoms with Crippen LogP contribution in [0.15, 0.2) is 109 Å². The van der Waals surface area contributed by atoms with E-state index in [1.165, 1.54) is 0 Å². The molecule has 5 rings (SSSR count). The van der Waals surface area contributed by atoms with Crippen molar-refractivity contribution < 1.29 is 14.3 Å². The molecule has 5 aromatic rings. The van der Waals surface area contributed by atoms with Crippen molar-refractivity contribution in [2.75, 3.05) is 7.11 Å². The molecule has 2 heterocycles. The van der Waals surface area contributed by atoms with Crippen molar-refractivity contribution in [2.24, 2.45) is 0 Å². The van der Waals surface area contributed by atoms with Crippen LogP contribution >= 0.6 is 11.6 Å². The van der Waals surface area contributed by atoms with Crippen molar-refractivity contribution in [1.82, 2.24) is 9.72 Å². The van der Waals surface area contributed by atoms with Crippen LogP contribution in [0.3, 0.4) is 0 Å². The first kappa shape index (κ1) is 23.4. The quantitative estimate of drug-likeness (QED) is 0.211. The van der Waals surface area contributed by atoms with Gasteiger partial charge in [-0.15, -0.1) is 0 Å². The van der Waals surface area contributed by atoms with Crippen molar-refractivity contribution in [3.05, 3.63) is 131 Å². The molecule has 0 aliphatic heterocycles. The fourth-order valence-electron chi connectivity index (χ4n) is 4.36. The number of Topliss-reactive ketones (excluding diaryl/α,β-unsaturated/α-hetero) is 1. The molecule has 36 heavy (non-hydrogen) atoms. The Kier molecular flexibility index (Phi) is 6.56. The molecule has 0 saturated carbocycles. The number of nitrogens with zero attached hydrogens (tertiary/aromatic N) is 1. The summed E-state index contributed by atoms with van der Waals surface area (Å²) in [7, 11) is 1.54. The summed E-state index contributed by atoms with van der Waals surface area (Å²) in [6, 6.07) is 31.5. The van der Waals surface area contributed by atoms with Gasteiger partial charge in [-0.1, -0.05) is 84.4 Å². The van der Waals surface area contributed by atoms with Crippen molar-refractivity contribution in [3.63, 3.8) is 0 Å². The van der Waals surface area contributed by atoms with E-state index in [4.69, 9.17) is 16.3 Å². The van der Waals surface area contributed by atoms with Gasteiger partial charge in [-0.05, 0) is 47.0 Å². The third kappa shape index (κ3) is 4.49. The summed E-state index contributed by atoms with van der Waals surface area (Å²) in [5, 5.41) is 3.38. The fourth-order valence-corrected chi connectivity index (χ4v) is 4.62. The van der Waals surface area contributed by atoms with Gasteiger partial charge in [-0.3, -0.25) is 9.59 Å². The average molecular weight is 495 g/mol. The van der Waals surface area contributed by atoms with E-state index < -0.39 is 17.7 Å². The minimum Gasteiger partial charge on any atom is -0.495 e. The normalized spacial score (nSPS) is 11.0. The summed E-state index contributed by atoms with van der Waals surface area (Å²) in [5.74, 6) is -0.805. The van der Waals surface area contributed by atoms with Crippen molar-refractivity contribution in [2.45, 2.75) is 6.04 Å². The minimum atomic E-state index is -0.697. The molecule has 0 saturated heterocycles. The van der Waals surface area contributed by atoms with E-state index in [1.54, 1.807) is 29.8 Å². The molecule has 6 heteroatoms. The van der Waals surface area contributed by atoms with Gasteiger partial charge in [0.1, 0.15) is 11.4 Å². The number of ketones is 1. The molecule has 0 spiro atoms. The van der Waals surface area contributed by atoms with Crippen LogP contribution in [0.1, 0.15) is 27.7 Å². The maximum Gasteiger partial charge on any atom is 0.294 e. The van der Waals surface area contributed by atoms with Gasteiger partial charge in [0.05, 0.1) is 18.2 Å². The SMILES string of the molecule is COc1ccc(-c2cc3ccccn3c2C(=O)C(=O)NC(c2ccccc2)c2ccccc2)cc1Cl. The summed E-state index contributed by atoms with van der Waals surface area (Å²) in [6.45, 7) is 0. The molecule has 3 aromatic carbocycles. The molecule has 0 fully saturated rings. The maximum atomic E-state index is 13.7. The van der Waals surface area contributed by atoms with Crippen LogP contribution in [0.5, 0.6) is 5.75 Å². The second-order valence-electron chi connectivity index (χ2n) is 8.31. The number of hydrogen-bond acceptors (Lipinski definition) is 3. The number of hydrogen-bond donors (Lipinski definition) is 1. The Balaban J connectivity index is 1.56. The first-order chi connectivity index (χ1) is 17.6. The molecule has 178 valence electrons. The Morgan fingerprint density at radius 2 is 1.47 bits per heavy atom. The number of benzene rings is 3. The van der Waals surface area contributed by atoms with E-state index in [-0.39, 0.29) is 5.69 Å². The highest BCUT2D eigenvalue weighted by Crippen LogP contribution is 2.34. The Hall–Kier alpha value is -4.35. The van der Waals surface area contributed by atoms with Gasteiger partial charge in [-0.2, -0.15) is 0 Å². The van der Waals surface area contributed by atoms with Crippen LogP contribution < -0.4 is 10.1 Å². The van der Waals surface area contributed by atoms with E-state index in [0.29, 0.717) is 21.9 Å². The van der Waals surface area contributed by atoms with E-state index in [0.717, 1.165) is 16.6 Å². The van der Waals surface area contributed by atoms with Crippen molar-refractivity contribution >= 4 is 28.8 Å². The number of nitrogens with one attached hydrogen (secondary N) is 1. The first-order valence-corrected chi connectivity index (χ1v) is 11.8. The van der Waals surface area contributed by atoms with Gasteiger partial charge in [0.2, 0.25) is 0 Å². The molecule has 2 aromatic heterocycles. The van der Waals surface area contributed by atoms with Gasteiger partial charge >= 0.3 is 0 Å². The molecule has 0 unspecified atom stereocenters. The highest BCUT2D eigenvalue weighted by molar-refractivity contribution is 6.44. The molecule has 0 radical (unpaired) electrons. The molecule has 0 aliphatic rings. The van der Waals surface area contributed by atoms with Gasteiger partial charge < -0.3 is 14.5 Å². The Labute approximate surface area is 213 Å². The van der Waals surface area contributed by atoms with E-state index >= 15 is 0 Å². The third-order valence-corrected chi connectivity index (χ3v) is 6.40. The highest BCUT2D eigenvalue weighted by atomic mass is 35.5. The van der Waals surface area contributed by atoms with Crippen LogP contribution in [-0.2, 0) is 4.79 Å². The van der Waals surface area contributed by atoms with Crippen LogP contribution in [0.25, 0.3) is 16.6 Å². The molecule has 0 aliphatic carbocycles. The maximum absolute atomic E-state index is 13.7. The number of ether oxygens (including phenoxy) is 1. The van der Waals surface area contributed by atoms with Gasteiger partial charge in [0.15, 0.2) is 0 Å². The number of rotatable bonds is 7. The van der Waals surface area contributed by atoms with Crippen molar-refractivity contribution in [1.29, 1.82) is 0 Å². The number of pyridine rings is 1. The topological polar surface area (TPSA) is 59.8 Å². The summed E-state index contributed by atoms with van der Waals surface area (Å²) >= 11 is 6.38. The molecule has 1 amide bonds. The number of carbonyl (C=O) groups is 2. The zero-order valence-corrected chi connectivity index (χ0v) is 20.3. The van der Waals surface area contributed by atoms with E-state index in [9.17, 15) is 9.59 Å². The zero-order chi connectivity index (χ0) is 25.1. The van der Waals surface area contributed by atoms with Crippen LogP contribution in [-0.4, -0.2) is 23.2 Å². The monoisotopic (exact) mass is 494 g/mol. The Bertz CT molecular complexity index is 1510. The summed E-state index contributed by atoms with van der Waals surface area (Å²) in [5.41, 5.74) is 4.15. The summed E-state index contributed by atoms with van der Waals surface area (Å²) < 4.78 is 7.00. The lowest BCUT2D eigenvalue weighted by atomic mass is 9.98. The van der Waals surface area contributed by atoms with Gasteiger partial charge in [-0.25, -0.2) is 0 Å². The standard InChI is InChI=1S/C30H23ClN2O3/c1-36-26-16-15-22(18-25(26)31)24-19-23-14-8-9-17-33(23)28(24)29(34)30(35)32-27(20-10-4-2-5-11-20)21-12-6-3-7-13-21/h2-19,27H,1H3,(H,32,35). The van der Waals surface area contributed by atoms with Crippen molar-refractivity contribution in [3.8, 4) is 16.9 Å². The average Bonchev–Trinajstić information content (AvgIpc) is 3.31. The number of aromatic nitrogens is 1. The van der Waals surface area contributed by atoms with E-state index in [1.807, 2.05) is 91.0 Å². The molecular weight excluding hydrogens is 472 g/mol. The summed E-state index contributed by atoms with van der Waals surface area (Å²) in [4.78, 5) is 27.2. The molecular formula is C30H23ClN2O3. The number of carbonyl (C=O) groups excluding carboxylic acids is 2. The second-order valence-corrected chi connectivity index (χ2v) is 8.72. The Morgan fingerprint density at radius 3 is 2.08 bits per heavy atom. The molecule has 5 nitrogen and oxygen atoms in total. The largest absolute Gasteiger partial charge is 0.495 e. The third-order valence-electron chi connectivity index (χ3n) is 6.10. The number of methoxy groups -OCH3 is 1. The van der Waals surface area contributed by atoms with E-state index in [2.05, 4.69) is 5.32 Å². The molecule has 0 atom stereocenters. The molecule has 0 bridgehead atoms. The van der Waals surface area contributed by atoms with Gasteiger partial charge in [0.25, 0.3) is 11.7 Å². The predicted molar refractivity (Wildman–Crippen MR) is 142 cm³/mol. The lowest BCUT2D eigenvalue weighted by molar-refractivity contribution is -0.117. The predicted octanol–water partition coefficient (Wildman–Crippen LogP) is 6.36. The lowest BCUT2D eigenvalue weighted by Crippen LogP contribution is -2.35. The van der Waals surface area contributed by atoms with Crippen LogP contribution in [0, 0.1) is 0 Å². The zero-order valence-electron chi connectivity index (χ0n) is 19.5. The fraction of sp³-hybridized carbons (Fsp3) is 0.0667. The smallest absolute Gasteiger partial charge is 0.294 e. The number of halogens is 1. The van der Waals surface area contributed by atoms with Gasteiger partial charge in [0, 0.05) is 17.3 Å². The highest BCUT2D eigenvalue weighted by Gasteiger charge is 2.27. The number of fused-ring (bicyclic) bond motifs is 1. The van der Waals surface area contributed by atoms with Crippen LogP contribution in [0.4, 0.5) is 0 Å². The van der Waals surface area contributed by atoms with Crippen LogP contribution in [0.2, 0.25) is 5.02 Å². The Morgan fingerprint density at radius 1 is 0.833 bits per heavy atom. The summed E-state index contributed by atoms with van der Waals surface area (Å²) in [6.07, 6.45) is 1.77. The molecule has 1 N–H and O–H groups in total. The first-order valence-electron chi connectivity index (χ1n) is 11.5.